The van der Waals surface area contributed by atoms with Crippen molar-refractivity contribution in [1.29, 1.82) is 0 Å². The molecule has 0 bridgehead atoms. The molecule has 13 heteroatoms. The molecule has 1 amide bonds. The zero-order valence-electron chi connectivity index (χ0n) is 16.6. The van der Waals surface area contributed by atoms with Crippen LogP contribution in [0, 0.1) is 17.7 Å². The molecule has 1 aromatic heterocycles. The highest BCUT2D eigenvalue weighted by atomic mass is 32.2. The van der Waals surface area contributed by atoms with Gasteiger partial charge in [0.2, 0.25) is 10.0 Å². The number of amides is 1. The molecule has 8 nitrogen and oxygen atoms in total. The van der Waals surface area contributed by atoms with Crippen molar-refractivity contribution in [3.05, 3.63) is 41.5 Å². The summed E-state index contributed by atoms with van der Waals surface area (Å²) in [5, 5.41) is 12.2. The number of aromatic nitrogens is 1. The third-order valence-corrected chi connectivity index (χ3v) is 6.01. The Bertz CT molecular complexity index is 1230. The first kappa shape index (κ1) is 23.6. The number of aliphatic hydroxyl groups is 1. The number of halogens is 4. The van der Waals surface area contributed by atoms with Crippen LogP contribution < -0.4 is 14.8 Å². The number of sulfonamides is 1. The van der Waals surface area contributed by atoms with E-state index < -0.39 is 50.5 Å². The molecule has 0 saturated heterocycles. The van der Waals surface area contributed by atoms with Gasteiger partial charge in [-0.2, -0.15) is 13.2 Å². The van der Waals surface area contributed by atoms with Crippen LogP contribution in [-0.4, -0.2) is 42.8 Å². The number of carbonyl (C=O) groups excluding carboxylic acids is 1. The lowest BCUT2D eigenvalue weighted by molar-refractivity contribution is -0.139. The molecule has 0 radical (unpaired) electrons. The Labute approximate surface area is 180 Å². The van der Waals surface area contributed by atoms with E-state index in [9.17, 15) is 35.9 Å². The summed E-state index contributed by atoms with van der Waals surface area (Å²) in [6.45, 7) is 1.08. The Hall–Kier alpha value is -3.08. The number of anilines is 1. The van der Waals surface area contributed by atoms with Gasteiger partial charge >= 0.3 is 6.18 Å². The van der Waals surface area contributed by atoms with E-state index in [-0.39, 0.29) is 23.7 Å². The molecule has 32 heavy (non-hydrogen) atoms. The van der Waals surface area contributed by atoms with E-state index in [0.717, 1.165) is 16.8 Å². The number of hydrogen-bond donors (Lipinski definition) is 3. The SMILES string of the molecule is CC#C[C@H](O)[C@H]1COc2c(cn(C)c2C(=O)Nc2ccc(F)c(C(F)(F)F)c2)S(=O)(=O)N1. The van der Waals surface area contributed by atoms with Gasteiger partial charge in [0, 0.05) is 18.9 Å². The Morgan fingerprint density at radius 3 is 2.72 bits per heavy atom. The summed E-state index contributed by atoms with van der Waals surface area (Å²) in [6.07, 6.45) is -5.28. The van der Waals surface area contributed by atoms with Crippen LogP contribution in [0.1, 0.15) is 23.0 Å². The van der Waals surface area contributed by atoms with E-state index in [1.54, 1.807) is 0 Å². The average Bonchev–Trinajstić information content (AvgIpc) is 2.96. The summed E-state index contributed by atoms with van der Waals surface area (Å²) < 4.78 is 86.5. The molecule has 0 unspecified atom stereocenters. The van der Waals surface area contributed by atoms with Crippen LogP contribution in [0.5, 0.6) is 5.75 Å². The van der Waals surface area contributed by atoms with Gasteiger partial charge in [-0.1, -0.05) is 5.92 Å². The summed E-state index contributed by atoms with van der Waals surface area (Å²) in [5.74, 6) is 1.99. The van der Waals surface area contributed by atoms with E-state index in [2.05, 4.69) is 21.9 Å². The maximum atomic E-state index is 13.5. The Kier molecular flexibility index (Phi) is 6.23. The maximum Gasteiger partial charge on any atom is 0.419 e. The molecular weight excluding hydrogens is 458 g/mol. The van der Waals surface area contributed by atoms with Gasteiger partial charge in [-0.15, -0.1) is 5.92 Å². The second-order valence-electron chi connectivity index (χ2n) is 6.81. The van der Waals surface area contributed by atoms with Gasteiger partial charge in [-0.3, -0.25) is 4.79 Å². The number of carbonyl (C=O) groups is 1. The first-order chi connectivity index (χ1) is 14.8. The van der Waals surface area contributed by atoms with Crippen molar-refractivity contribution in [2.45, 2.75) is 30.1 Å². The molecular formula is C19H17F4N3O5S. The number of nitrogens with zero attached hydrogens (tertiary/aromatic N) is 1. The molecule has 3 rings (SSSR count). The van der Waals surface area contributed by atoms with Gasteiger partial charge in [0.25, 0.3) is 5.91 Å². The second-order valence-corrected chi connectivity index (χ2v) is 8.49. The van der Waals surface area contributed by atoms with Gasteiger partial charge in [-0.25, -0.2) is 17.5 Å². The van der Waals surface area contributed by atoms with Crippen molar-refractivity contribution >= 4 is 21.6 Å². The van der Waals surface area contributed by atoms with Crippen molar-refractivity contribution < 1.29 is 40.6 Å². The average molecular weight is 475 g/mol. The molecule has 1 aromatic carbocycles. The molecule has 172 valence electrons. The number of ether oxygens (including phenoxy) is 1. The summed E-state index contributed by atoms with van der Waals surface area (Å²) >= 11 is 0. The number of benzene rings is 1. The quantitative estimate of drug-likeness (QED) is 0.464. The third kappa shape index (κ3) is 4.57. The monoisotopic (exact) mass is 475 g/mol. The van der Waals surface area contributed by atoms with Crippen molar-refractivity contribution in [2.24, 2.45) is 7.05 Å². The van der Waals surface area contributed by atoms with E-state index in [0.29, 0.717) is 12.1 Å². The molecule has 0 fully saturated rings. The van der Waals surface area contributed by atoms with Crippen molar-refractivity contribution in [2.75, 3.05) is 11.9 Å². The first-order valence-corrected chi connectivity index (χ1v) is 10.5. The zero-order valence-corrected chi connectivity index (χ0v) is 17.4. The lowest BCUT2D eigenvalue weighted by atomic mass is 10.1. The molecule has 3 N–H and O–H groups in total. The molecule has 2 heterocycles. The Balaban J connectivity index is 1.96. The normalized spacial score (nSPS) is 18.4. The molecule has 2 aromatic rings. The summed E-state index contributed by atoms with van der Waals surface area (Å²) in [6, 6.07) is 0.769. The van der Waals surface area contributed by atoms with Crippen LogP contribution in [-0.2, 0) is 23.2 Å². The summed E-state index contributed by atoms with van der Waals surface area (Å²) in [4.78, 5) is 12.4. The van der Waals surface area contributed by atoms with Crippen LogP contribution in [0.15, 0.2) is 29.3 Å². The van der Waals surface area contributed by atoms with Crippen LogP contribution in [0.3, 0.4) is 0 Å². The van der Waals surface area contributed by atoms with E-state index in [1.807, 2.05) is 0 Å². The fourth-order valence-corrected chi connectivity index (χ4v) is 4.47. The van der Waals surface area contributed by atoms with Crippen molar-refractivity contribution in [3.63, 3.8) is 0 Å². The van der Waals surface area contributed by atoms with Crippen molar-refractivity contribution in [1.82, 2.24) is 9.29 Å². The molecule has 1 aliphatic heterocycles. The van der Waals surface area contributed by atoms with Crippen LogP contribution >= 0.6 is 0 Å². The smallest absolute Gasteiger partial charge is 0.419 e. The van der Waals surface area contributed by atoms with Gasteiger partial charge in [0.15, 0.2) is 11.4 Å². The summed E-state index contributed by atoms with van der Waals surface area (Å²) in [7, 11) is -2.90. The minimum atomic E-state index is -4.98. The molecule has 2 atom stereocenters. The van der Waals surface area contributed by atoms with Gasteiger partial charge < -0.3 is 19.7 Å². The third-order valence-electron chi connectivity index (χ3n) is 4.52. The van der Waals surface area contributed by atoms with Gasteiger partial charge in [0.05, 0.1) is 11.6 Å². The highest BCUT2D eigenvalue weighted by Gasteiger charge is 2.37. The zero-order chi connectivity index (χ0) is 23.8. The number of aliphatic hydroxyl groups excluding tert-OH is 1. The molecule has 1 aliphatic rings. The predicted molar refractivity (Wildman–Crippen MR) is 104 cm³/mol. The first-order valence-electron chi connectivity index (χ1n) is 8.98. The van der Waals surface area contributed by atoms with E-state index >= 15 is 0 Å². The highest BCUT2D eigenvalue weighted by molar-refractivity contribution is 7.89. The number of hydrogen-bond acceptors (Lipinski definition) is 5. The Morgan fingerprint density at radius 2 is 2.09 bits per heavy atom. The van der Waals surface area contributed by atoms with Gasteiger partial charge in [0.1, 0.15) is 23.4 Å². The second kappa shape index (κ2) is 8.45. The van der Waals surface area contributed by atoms with Crippen LogP contribution in [0.2, 0.25) is 0 Å². The molecule has 0 saturated carbocycles. The fraction of sp³-hybridized carbons (Fsp3) is 0.316. The van der Waals surface area contributed by atoms with Crippen LogP contribution in [0.4, 0.5) is 23.2 Å². The number of fused-ring (bicyclic) bond motifs is 1. The lowest BCUT2D eigenvalue weighted by Crippen LogP contribution is -2.45. The van der Waals surface area contributed by atoms with Crippen molar-refractivity contribution in [3.8, 4) is 17.6 Å². The number of nitrogens with one attached hydrogen (secondary N) is 2. The lowest BCUT2D eigenvalue weighted by Gasteiger charge is -2.17. The number of rotatable bonds is 3. The van der Waals surface area contributed by atoms with Gasteiger partial charge in [-0.05, 0) is 25.1 Å². The van der Waals surface area contributed by atoms with E-state index in [4.69, 9.17) is 4.74 Å². The topological polar surface area (TPSA) is 110 Å². The highest BCUT2D eigenvalue weighted by Crippen LogP contribution is 2.35. The van der Waals surface area contributed by atoms with E-state index in [1.165, 1.54) is 14.0 Å². The van der Waals surface area contributed by atoms with Crippen LogP contribution in [0.25, 0.3) is 0 Å². The minimum Gasteiger partial charge on any atom is -0.488 e. The number of aryl methyl sites for hydroxylation is 1. The standard InChI is InChI=1S/C19H17F4N3O5S/c1-3-4-14(27)13-9-31-17-15(32(29,30)25-13)8-26(2)16(17)18(28)24-10-5-6-12(20)11(7-10)19(21,22)23/h5-8,13-14,25,27H,9H2,1-2H3,(H,24,28)/t13-,14+/m1/s1. The minimum absolute atomic E-state index is 0.306. The number of alkyl halides is 3. The fourth-order valence-electron chi connectivity index (χ4n) is 3.05. The predicted octanol–water partition coefficient (Wildman–Crippen LogP) is 1.86. The largest absolute Gasteiger partial charge is 0.488 e. The Morgan fingerprint density at radius 1 is 1.41 bits per heavy atom. The maximum absolute atomic E-state index is 13.5. The molecule has 0 aliphatic carbocycles. The molecule has 0 spiro atoms. The summed E-state index contributed by atoms with van der Waals surface area (Å²) in [5.41, 5.74) is -2.24.